The Bertz CT molecular complexity index is 914. The molecule has 1 aliphatic heterocycles. The van der Waals surface area contributed by atoms with Crippen molar-refractivity contribution in [2.45, 2.75) is 84.3 Å². The van der Waals surface area contributed by atoms with E-state index in [-0.39, 0.29) is 6.61 Å². The number of carbonyl (C=O) groups excluding carboxylic acids is 4. The fourth-order valence-corrected chi connectivity index (χ4v) is 4.36. The predicted octanol–water partition coefficient (Wildman–Crippen LogP) is 2.64. The van der Waals surface area contributed by atoms with Crippen LogP contribution < -0.4 is 0 Å². The first-order valence-electron chi connectivity index (χ1n) is 11.5. The summed E-state index contributed by atoms with van der Waals surface area (Å²) in [6.07, 6.45) is -7.30. The van der Waals surface area contributed by atoms with Crippen LogP contribution >= 0.6 is 0 Å². The van der Waals surface area contributed by atoms with Crippen LogP contribution in [0.4, 0.5) is 0 Å². The summed E-state index contributed by atoms with van der Waals surface area (Å²) in [6, 6.07) is 9.06. The lowest BCUT2D eigenvalue weighted by atomic mass is 9.98. The van der Waals surface area contributed by atoms with Gasteiger partial charge in [-0.1, -0.05) is 30.3 Å². The van der Waals surface area contributed by atoms with Crippen molar-refractivity contribution in [2.24, 2.45) is 0 Å². The maximum absolute atomic E-state index is 12.0. The predicted molar refractivity (Wildman–Crippen MR) is 127 cm³/mol. The van der Waals surface area contributed by atoms with Crippen molar-refractivity contribution in [3.05, 3.63) is 35.9 Å². The SMILES string of the molecule is CC(=O)OC[C@H]1O[C@@H](OC(O[Si](C)(C)C)c2ccccc2)[C@H](OC(C)=O)[C@@H](OC(C)=O)[C@@H]1OC(C)=O. The molecule has 2 rings (SSSR count). The zero-order valence-corrected chi connectivity index (χ0v) is 22.5. The Hall–Kier alpha value is -2.80. The summed E-state index contributed by atoms with van der Waals surface area (Å²) in [6.45, 7) is 10.3. The second-order valence-electron chi connectivity index (χ2n) is 9.18. The summed E-state index contributed by atoms with van der Waals surface area (Å²) < 4.78 is 39.9. The van der Waals surface area contributed by atoms with E-state index in [9.17, 15) is 19.2 Å². The summed E-state index contributed by atoms with van der Waals surface area (Å²) in [4.78, 5) is 47.4. The monoisotopic (exact) mass is 526 g/mol. The van der Waals surface area contributed by atoms with Crippen LogP contribution in [0.15, 0.2) is 30.3 Å². The van der Waals surface area contributed by atoms with Gasteiger partial charge < -0.3 is 32.8 Å². The molecule has 11 nitrogen and oxygen atoms in total. The molecule has 0 saturated carbocycles. The van der Waals surface area contributed by atoms with Crippen molar-refractivity contribution in [1.82, 2.24) is 0 Å². The van der Waals surface area contributed by atoms with Gasteiger partial charge in [0.05, 0.1) is 0 Å². The highest BCUT2D eigenvalue weighted by molar-refractivity contribution is 6.69. The van der Waals surface area contributed by atoms with Gasteiger partial charge in [0.2, 0.25) is 6.29 Å². The van der Waals surface area contributed by atoms with Gasteiger partial charge in [-0.2, -0.15) is 0 Å². The Labute approximate surface area is 211 Å². The quantitative estimate of drug-likeness (QED) is 0.193. The molecule has 0 spiro atoms. The molecule has 0 bridgehead atoms. The number of benzene rings is 1. The third kappa shape index (κ3) is 9.34. The van der Waals surface area contributed by atoms with E-state index in [2.05, 4.69) is 0 Å². The van der Waals surface area contributed by atoms with Gasteiger partial charge in [0.1, 0.15) is 12.7 Å². The van der Waals surface area contributed by atoms with Gasteiger partial charge in [-0.25, -0.2) is 0 Å². The Balaban J connectivity index is 2.52. The second kappa shape index (κ2) is 12.9. The largest absolute Gasteiger partial charge is 0.463 e. The Morgan fingerprint density at radius 2 is 1.33 bits per heavy atom. The van der Waals surface area contributed by atoms with E-state index in [0.717, 1.165) is 13.8 Å². The van der Waals surface area contributed by atoms with E-state index >= 15 is 0 Å². The number of hydrogen-bond acceptors (Lipinski definition) is 11. The lowest BCUT2D eigenvalue weighted by molar-refractivity contribution is -0.334. The number of ether oxygens (including phenoxy) is 6. The minimum Gasteiger partial charge on any atom is -0.463 e. The first kappa shape index (κ1) is 29.4. The molecule has 0 N–H and O–H groups in total. The molecule has 0 aromatic heterocycles. The van der Waals surface area contributed by atoms with Crippen molar-refractivity contribution in [3.63, 3.8) is 0 Å². The molecule has 200 valence electrons. The van der Waals surface area contributed by atoms with Crippen molar-refractivity contribution < 1.29 is 52.0 Å². The summed E-state index contributed by atoms with van der Waals surface area (Å²) >= 11 is 0. The molecule has 1 unspecified atom stereocenters. The van der Waals surface area contributed by atoms with Crippen molar-refractivity contribution >= 4 is 32.2 Å². The van der Waals surface area contributed by atoms with E-state index in [1.165, 1.54) is 13.8 Å². The maximum atomic E-state index is 12.0. The first-order valence-corrected chi connectivity index (χ1v) is 14.9. The Kier molecular flexibility index (Phi) is 10.6. The van der Waals surface area contributed by atoms with Crippen LogP contribution in [0.3, 0.4) is 0 Å². The number of carbonyl (C=O) groups is 4. The minimum absolute atomic E-state index is 0.345. The molecule has 1 heterocycles. The van der Waals surface area contributed by atoms with Gasteiger partial charge >= 0.3 is 23.9 Å². The normalized spacial score (nSPS) is 24.8. The molecule has 1 fully saturated rings. The van der Waals surface area contributed by atoms with Crippen LogP contribution in [0.1, 0.15) is 39.5 Å². The van der Waals surface area contributed by atoms with Crippen molar-refractivity contribution in [2.75, 3.05) is 6.61 Å². The highest BCUT2D eigenvalue weighted by Crippen LogP contribution is 2.34. The van der Waals surface area contributed by atoms with Crippen molar-refractivity contribution in [1.29, 1.82) is 0 Å². The van der Waals surface area contributed by atoms with Crippen LogP contribution in [-0.4, -0.2) is 69.5 Å². The van der Waals surface area contributed by atoms with Crippen LogP contribution in [-0.2, 0) is 52.0 Å². The lowest BCUT2D eigenvalue weighted by Gasteiger charge is -2.45. The molecule has 0 amide bonds. The smallest absolute Gasteiger partial charge is 0.303 e. The topological polar surface area (TPSA) is 133 Å². The summed E-state index contributed by atoms with van der Waals surface area (Å²) in [5.74, 6) is -2.75. The third-order valence-corrected chi connectivity index (χ3v) is 5.66. The zero-order chi connectivity index (χ0) is 27.0. The number of esters is 4. The van der Waals surface area contributed by atoms with Gasteiger partial charge in [-0.3, -0.25) is 19.2 Å². The number of rotatable bonds is 10. The van der Waals surface area contributed by atoms with Crippen molar-refractivity contribution in [3.8, 4) is 0 Å². The molecule has 0 aliphatic carbocycles. The Morgan fingerprint density at radius 3 is 1.83 bits per heavy atom. The highest BCUT2D eigenvalue weighted by Gasteiger charge is 2.53. The summed E-state index contributed by atoms with van der Waals surface area (Å²) in [7, 11) is -2.18. The van der Waals surface area contributed by atoms with Crippen LogP contribution in [0.5, 0.6) is 0 Å². The zero-order valence-electron chi connectivity index (χ0n) is 21.5. The van der Waals surface area contributed by atoms with Gasteiger partial charge in [0.15, 0.2) is 32.9 Å². The molecule has 1 aromatic rings. The number of hydrogen-bond donors (Lipinski definition) is 0. The molecule has 6 atom stereocenters. The molecule has 1 aliphatic rings. The minimum atomic E-state index is -2.18. The average Bonchev–Trinajstić information content (AvgIpc) is 2.74. The molecule has 1 saturated heterocycles. The molecule has 36 heavy (non-hydrogen) atoms. The van der Waals surface area contributed by atoms with Crippen LogP contribution in [0.25, 0.3) is 0 Å². The van der Waals surface area contributed by atoms with Gasteiger partial charge in [-0.15, -0.1) is 0 Å². The van der Waals surface area contributed by atoms with Gasteiger partial charge in [-0.05, 0) is 19.6 Å². The van der Waals surface area contributed by atoms with E-state index in [0.29, 0.717) is 5.56 Å². The molecular weight excluding hydrogens is 492 g/mol. The first-order chi connectivity index (χ1) is 16.8. The van der Waals surface area contributed by atoms with E-state index in [4.69, 9.17) is 32.8 Å². The van der Waals surface area contributed by atoms with E-state index < -0.39 is 69.2 Å². The maximum Gasteiger partial charge on any atom is 0.303 e. The fourth-order valence-electron chi connectivity index (χ4n) is 3.53. The second-order valence-corrected chi connectivity index (χ2v) is 13.6. The van der Waals surface area contributed by atoms with Gasteiger partial charge in [0.25, 0.3) is 0 Å². The molecule has 1 aromatic carbocycles. The third-order valence-electron chi connectivity index (χ3n) is 4.74. The van der Waals surface area contributed by atoms with Crippen LogP contribution in [0, 0.1) is 0 Å². The lowest BCUT2D eigenvalue weighted by Crippen LogP contribution is -2.63. The highest BCUT2D eigenvalue weighted by atomic mass is 28.4. The van der Waals surface area contributed by atoms with Crippen LogP contribution in [0.2, 0.25) is 19.6 Å². The Morgan fingerprint density at radius 1 is 0.806 bits per heavy atom. The average molecular weight is 527 g/mol. The summed E-state index contributed by atoms with van der Waals surface area (Å²) in [5, 5.41) is 0. The molecule has 0 radical (unpaired) electrons. The summed E-state index contributed by atoms with van der Waals surface area (Å²) in [5.41, 5.74) is 0.674. The standard InChI is InChI=1S/C24H34O11Si/c1-14(25)29-13-19-20(30-15(2)26)21(31-16(3)27)22(32-17(4)28)24(33-19)34-23(35-36(5,6)7)18-11-9-8-10-12-18/h8-12,19-24H,13H2,1-7H3/t19-,20-,21+,22-,23?,24+/m1/s1. The van der Waals surface area contributed by atoms with Gasteiger partial charge in [0, 0.05) is 33.3 Å². The fraction of sp³-hybridized carbons (Fsp3) is 0.583. The molecular formula is C24H34O11Si. The molecule has 12 heteroatoms. The van der Waals surface area contributed by atoms with E-state index in [1.54, 1.807) is 12.1 Å². The van der Waals surface area contributed by atoms with E-state index in [1.807, 2.05) is 37.8 Å².